The fourth-order valence-electron chi connectivity index (χ4n) is 3.35. The van der Waals surface area contributed by atoms with E-state index in [-0.39, 0.29) is 5.56 Å². The highest BCUT2D eigenvalue weighted by molar-refractivity contribution is 6.12. The number of nitrogens with zero attached hydrogens (tertiary/aromatic N) is 2. The number of aliphatic carboxylic acids is 1. The molecule has 2 aromatic rings. The molecule has 0 fully saturated rings. The van der Waals surface area contributed by atoms with Gasteiger partial charge < -0.3 is 10.8 Å². The molecule has 0 aliphatic carbocycles. The molecule has 2 rings (SSSR count). The van der Waals surface area contributed by atoms with Gasteiger partial charge in [-0.25, -0.2) is 0 Å². The van der Waals surface area contributed by atoms with Crippen LogP contribution in [0.25, 0.3) is 0 Å². The molecule has 0 aliphatic rings. The maximum absolute atomic E-state index is 12.9. The largest absolute Gasteiger partial charge is 0.481 e. The van der Waals surface area contributed by atoms with Crippen molar-refractivity contribution in [1.29, 1.82) is 0 Å². The monoisotopic (exact) mass is 415 g/mol. The fraction of sp³-hybridized carbons (Fsp3) is 0.300. The Kier molecular flexibility index (Phi) is 6.32. The number of para-hydroxylation sites is 1. The minimum Gasteiger partial charge on any atom is -0.481 e. The van der Waals surface area contributed by atoms with Crippen LogP contribution in [0.15, 0.2) is 42.5 Å². The van der Waals surface area contributed by atoms with Crippen molar-refractivity contribution in [1.82, 2.24) is 0 Å². The summed E-state index contributed by atoms with van der Waals surface area (Å²) in [6.07, 6.45) is 0. The molecule has 0 saturated carbocycles. The maximum atomic E-state index is 12.9. The molecular weight excluding hydrogens is 394 g/mol. The van der Waals surface area contributed by atoms with Crippen molar-refractivity contribution in [3.63, 3.8) is 0 Å². The Morgan fingerprint density at radius 3 is 2.13 bits per heavy atom. The van der Waals surface area contributed by atoms with Crippen LogP contribution >= 0.6 is 0 Å². The molecule has 0 saturated heterocycles. The number of hydrogen-bond donors (Lipinski definition) is 2. The third-order valence-corrected chi connectivity index (χ3v) is 4.73. The van der Waals surface area contributed by atoms with Crippen LogP contribution in [-0.2, 0) is 4.79 Å². The van der Waals surface area contributed by atoms with Crippen molar-refractivity contribution in [2.75, 3.05) is 0 Å². The van der Waals surface area contributed by atoms with Crippen LogP contribution in [-0.4, -0.2) is 26.7 Å². The highest BCUT2D eigenvalue weighted by Crippen LogP contribution is 2.36. The number of rotatable bonds is 7. The van der Waals surface area contributed by atoms with E-state index in [1.54, 1.807) is 26.8 Å². The summed E-state index contributed by atoms with van der Waals surface area (Å²) in [5, 5.41) is 32.1. The normalized spacial score (nSPS) is 13.3. The number of carbonyl (C=O) groups is 2. The number of carboxylic acid groups (broad SMARTS) is 1. The van der Waals surface area contributed by atoms with Gasteiger partial charge in [0.2, 0.25) is 0 Å². The summed E-state index contributed by atoms with van der Waals surface area (Å²) in [6.45, 7) is 5.19. The number of ketones is 1. The smallest absolute Gasteiger partial charge is 0.357 e. The molecular formula is C20H21N3O7. The van der Waals surface area contributed by atoms with E-state index < -0.39 is 55.9 Å². The first-order valence-corrected chi connectivity index (χ1v) is 8.91. The zero-order chi connectivity index (χ0) is 22.8. The molecule has 0 aliphatic heterocycles. The molecule has 2 atom stereocenters. The second-order valence-electron chi connectivity index (χ2n) is 7.85. The summed E-state index contributed by atoms with van der Waals surface area (Å²) < 4.78 is 0. The van der Waals surface area contributed by atoms with Gasteiger partial charge in [0.15, 0.2) is 5.78 Å². The van der Waals surface area contributed by atoms with Gasteiger partial charge >= 0.3 is 17.3 Å². The average Bonchev–Trinajstić information content (AvgIpc) is 2.65. The Morgan fingerprint density at radius 1 is 1.03 bits per heavy atom. The van der Waals surface area contributed by atoms with E-state index in [0.29, 0.717) is 5.56 Å². The van der Waals surface area contributed by atoms with Crippen molar-refractivity contribution in [3.05, 3.63) is 79.4 Å². The van der Waals surface area contributed by atoms with E-state index in [0.717, 1.165) is 12.1 Å². The lowest BCUT2D eigenvalue weighted by molar-refractivity contribution is -0.422. The van der Waals surface area contributed by atoms with Gasteiger partial charge in [-0.05, 0) is 23.1 Å². The summed E-state index contributed by atoms with van der Waals surface area (Å²) in [7, 11) is 0. The second kappa shape index (κ2) is 8.37. The first-order valence-electron chi connectivity index (χ1n) is 8.91. The zero-order valence-corrected chi connectivity index (χ0v) is 16.6. The van der Waals surface area contributed by atoms with Gasteiger partial charge in [-0.2, -0.15) is 0 Å². The van der Waals surface area contributed by atoms with E-state index in [9.17, 15) is 34.9 Å². The van der Waals surface area contributed by atoms with Crippen LogP contribution < -0.4 is 5.73 Å². The predicted octanol–water partition coefficient (Wildman–Crippen LogP) is 3.48. The molecule has 158 valence electrons. The molecule has 3 N–H and O–H groups in total. The lowest BCUT2D eigenvalue weighted by Crippen LogP contribution is -2.37. The zero-order valence-electron chi connectivity index (χ0n) is 16.6. The van der Waals surface area contributed by atoms with E-state index in [1.165, 1.54) is 24.3 Å². The molecule has 0 amide bonds. The van der Waals surface area contributed by atoms with Crippen LogP contribution in [0.1, 0.15) is 48.3 Å². The van der Waals surface area contributed by atoms with Crippen LogP contribution in [0.3, 0.4) is 0 Å². The minimum absolute atomic E-state index is 0.00426. The molecule has 0 aromatic heterocycles. The van der Waals surface area contributed by atoms with Crippen molar-refractivity contribution in [3.8, 4) is 0 Å². The Labute approximate surface area is 171 Å². The second-order valence-corrected chi connectivity index (χ2v) is 7.85. The van der Waals surface area contributed by atoms with Gasteiger partial charge in [0, 0.05) is 17.7 Å². The molecule has 0 spiro atoms. The van der Waals surface area contributed by atoms with E-state index >= 15 is 0 Å². The van der Waals surface area contributed by atoms with Crippen LogP contribution in [0.4, 0.5) is 11.4 Å². The Morgan fingerprint density at radius 2 is 1.63 bits per heavy atom. The van der Waals surface area contributed by atoms with Gasteiger partial charge in [-0.15, -0.1) is 0 Å². The lowest BCUT2D eigenvalue weighted by Gasteiger charge is -2.32. The Balaban J connectivity index is 2.55. The number of carboxylic acids is 1. The van der Waals surface area contributed by atoms with E-state index in [2.05, 4.69) is 0 Å². The number of carbonyl (C=O) groups excluding carboxylic acids is 1. The third-order valence-electron chi connectivity index (χ3n) is 4.73. The van der Waals surface area contributed by atoms with Crippen molar-refractivity contribution < 1.29 is 24.5 Å². The van der Waals surface area contributed by atoms with Crippen LogP contribution in [0.2, 0.25) is 0 Å². The summed E-state index contributed by atoms with van der Waals surface area (Å²) >= 11 is 0. The average molecular weight is 415 g/mol. The van der Waals surface area contributed by atoms with Gasteiger partial charge in [0.05, 0.1) is 15.8 Å². The van der Waals surface area contributed by atoms with Crippen LogP contribution in [0.5, 0.6) is 0 Å². The number of benzene rings is 2. The van der Waals surface area contributed by atoms with Crippen LogP contribution in [0, 0.1) is 31.6 Å². The minimum atomic E-state index is -1.10. The lowest BCUT2D eigenvalue weighted by atomic mass is 9.74. The molecule has 10 nitrogen and oxygen atoms in total. The number of nitro benzene ring substituents is 2. The standard InChI is InChI=1S/C20H21N3O7/c1-20(2,3)15(19(25)26)16(21)11-6-4-7-12(10-11)18(24)13-8-5-9-14(22(27)28)17(13)23(29)30/h4-10,15-16H,21H2,1-3H3,(H,25,26). The van der Waals surface area contributed by atoms with Gasteiger partial charge in [-0.1, -0.05) is 45.0 Å². The summed E-state index contributed by atoms with van der Waals surface area (Å²) in [5.74, 6) is -2.86. The summed E-state index contributed by atoms with van der Waals surface area (Å²) in [5.41, 5.74) is 3.74. The van der Waals surface area contributed by atoms with Crippen molar-refractivity contribution in [2.24, 2.45) is 17.1 Å². The highest BCUT2D eigenvalue weighted by atomic mass is 16.6. The molecule has 30 heavy (non-hydrogen) atoms. The molecule has 0 bridgehead atoms. The first-order chi connectivity index (χ1) is 13.9. The predicted molar refractivity (Wildman–Crippen MR) is 107 cm³/mol. The number of hydrogen-bond acceptors (Lipinski definition) is 7. The highest BCUT2D eigenvalue weighted by Gasteiger charge is 2.37. The number of nitrogens with two attached hydrogens (primary N) is 1. The number of nitro groups is 2. The SMILES string of the molecule is CC(C)(C)C(C(=O)O)C(N)c1cccc(C(=O)c2cccc([N+](=O)[O-])c2[N+](=O)[O-])c1. The molecule has 0 radical (unpaired) electrons. The van der Waals surface area contributed by atoms with Gasteiger partial charge in [0.1, 0.15) is 5.56 Å². The topological polar surface area (TPSA) is 167 Å². The van der Waals surface area contributed by atoms with E-state index in [1.807, 2.05) is 0 Å². The summed E-state index contributed by atoms with van der Waals surface area (Å²) in [6, 6.07) is 8.10. The summed E-state index contributed by atoms with van der Waals surface area (Å²) in [4.78, 5) is 45.3. The van der Waals surface area contributed by atoms with E-state index in [4.69, 9.17) is 5.73 Å². The van der Waals surface area contributed by atoms with Crippen molar-refractivity contribution in [2.45, 2.75) is 26.8 Å². The first kappa shape index (κ1) is 22.6. The molecule has 2 unspecified atom stereocenters. The molecule has 0 heterocycles. The maximum Gasteiger partial charge on any atom is 0.357 e. The van der Waals surface area contributed by atoms with Gasteiger partial charge in [-0.3, -0.25) is 29.8 Å². The quantitative estimate of drug-likeness (QED) is 0.394. The van der Waals surface area contributed by atoms with Gasteiger partial charge in [0.25, 0.3) is 0 Å². The Hall–Kier alpha value is -3.66. The Bertz CT molecular complexity index is 1030. The van der Waals surface area contributed by atoms with Crippen molar-refractivity contribution >= 4 is 23.1 Å². The molecule has 10 heteroatoms. The molecule has 2 aromatic carbocycles. The fourth-order valence-corrected chi connectivity index (χ4v) is 3.35. The third kappa shape index (κ3) is 4.49.